The zero-order valence-electron chi connectivity index (χ0n) is 17.1. The molecule has 32 heavy (non-hydrogen) atoms. The molecule has 2 aromatic rings. The standard InChI is InChI=1S/C24H21NO7/c26-22(25-13-7-12-17(25)23(27)28)18(15-8-3-1-4-9-15)20-21(32-14-31-20)19(24(29)30)16-10-5-2-6-11-16/h1-6,8-11,17H,7,12-14H2,(H,27,28)(H,29,30)/b20-18+,21-19+/t17-/m0/s1. The van der Waals surface area contributed by atoms with Crippen LogP contribution in [0.5, 0.6) is 0 Å². The molecule has 1 atom stereocenters. The van der Waals surface area contributed by atoms with Crippen LogP contribution in [0.15, 0.2) is 72.2 Å². The topological polar surface area (TPSA) is 113 Å². The smallest absolute Gasteiger partial charge is 0.340 e. The largest absolute Gasteiger partial charge is 0.480 e. The van der Waals surface area contributed by atoms with Gasteiger partial charge in [-0.05, 0) is 24.0 Å². The number of hydrogen-bond donors (Lipinski definition) is 2. The number of benzene rings is 2. The Morgan fingerprint density at radius 3 is 1.88 bits per heavy atom. The number of amides is 1. The molecule has 2 saturated heterocycles. The molecule has 0 bridgehead atoms. The second kappa shape index (κ2) is 8.97. The molecule has 2 heterocycles. The number of hydrogen-bond acceptors (Lipinski definition) is 5. The van der Waals surface area contributed by atoms with E-state index < -0.39 is 23.9 Å². The normalized spacial score (nSPS) is 20.9. The van der Waals surface area contributed by atoms with Gasteiger partial charge in [0.15, 0.2) is 11.5 Å². The van der Waals surface area contributed by atoms with Gasteiger partial charge < -0.3 is 24.6 Å². The van der Waals surface area contributed by atoms with E-state index >= 15 is 0 Å². The van der Waals surface area contributed by atoms with Crippen LogP contribution in [0.1, 0.15) is 24.0 Å². The van der Waals surface area contributed by atoms with Crippen molar-refractivity contribution in [2.45, 2.75) is 18.9 Å². The average Bonchev–Trinajstić information content (AvgIpc) is 3.46. The molecule has 0 spiro atoms. The van der Waals surface area contributed by atoms with Gasteiger partial charge in [-0.15, -0.1) is 0 Å². The maximum atomic E-state index is 13.6. The quantitative estimate of drug-likeness (QED) is 0.694. The third-order valence-electron chi connectivity index (χ3n) is 5.42. The van der Waals surface area contributed by atoms with Gasteiger partial charge in [-0.1, -0.05) is 60.7 Å². The van der Waals surface area contributed by atoms with Crippen molar-refractivity contribution in [3.8, 4) is 0 Å². The van der Waals surface area contributed by atoms with Gasteiger partial charge >= 0.3 is 11.9 Å². The fourth-order valence-corrected chi connectivity index (χ4v) is 3.97. The third kappa shape index (κ3) is 3.94. The highest BCUT2D eigenvalue weighted by Gasteiger charge is 2.39. The van der Waals surface area contributed by atoms with E-state index in [1.807, 2.05) is 0 Å². The minimum Gasteiger partial charge on any atom is -0.480 e. The lowest BCUT2D eigenvalue weighted by atomic mass is 9.98. The molecule has 0 aromatic heterocycles. The molecule has 2 aromatic carbocycles. The van der Waals surface area contributed by atoms with Crippen molar-refractivity contribution in [2.24, 2.45) is 0 Å². The lowest BCUT2D eigenvalue weighted by Crippen LogP contribution is -2.41. The summed E-state index contributed by atoms with van der Waals surface area (Å²) >= 11 is 0. The first-order valence-electron chi connectivity index (χ1n) is 10.1. The molecule has 4 rings (SSSR count). The van der Waals surface area contributed by atoms with Crippen molar-refractivity contribution in [1.82, 2.24) is 4.90 Å². The Kier molecular flexibility index (Phi) is 5.93. The van der Waals surface area contributed by atoms with Crippen LogP contribution in [0.2, 0.25) is 0 Å². The first-order chi connectivity index (χ1) is 15.5. The van der Waals surface area contributed by atoms with Crippen molar-refractivity contribution in [3.63, 3.8) is 0 Å². The molecule has 8 nitrogen and oxygen atoms in total. The number of aliphatic carboxylic acids is 2. The average molecular weight is 435 g/mol. The Hall–Kier alpha value is -4.07. The summed E-state index contributed by atoms with van der Waals surface area (Å²) in [6, 6.07) is 16.1. The summed E-state index contributed by atoms with van der Waals surface area (Å²) in [6.07, 6.45) is 0.910. The van der Waals surface area contributed by atoms with E-state index in [1.165, 1.54) is 4.90 Å². The van der Waals surface area contributed by atoms with Gasteiger partial charge in [-0.25, -0.2) is 9.59 Å². The molecule has 0 aliphatic carbocycles. The van der Waals surface area contributed by atoms with E-state index in [4.69, 9.17) is 9.47 Å². The Balaban J connectivity index is 1.93. The molecule has 0 saturated carbocycles. The van der Waals surface area contributed by atoms with Crippen molar-refractivity contribution in [1.29, 1.82) is 0 Å². The summed E-state index contributed by atoms with van der Waals surface area (Å²) in [5.74, 6) is -2.95. The van der Waals surface area contributed by atoms with E-state index in [0.29, 0.717) is 24.0 Å². The summed E-state index contributed by atoms with van der Waals surface area (Å²) in [6.45, 7) is 0.0179. The van der Waals surface area contributed by atoms with E-state index in [2.05, 4.69) is 0 Å². The molecule has 2 aliphatic heterocycles. The van der Waals surface area contributed by atoms with Crippen LogP contribution in [0.4, 0.5) is 0 Å². The van der Waals surface area contributed by atoms with Gasteiger partial charge in [0, 0.05) is 6.54 Å². The molecule has 164 valence electrons. The van der Waals surface area contributed by atoms with Crippen LogP contribution in [0, 0.1) is 0 Å². The zero-order chi connectivity index (χ0) is 22.7. The highest BCUT2D eigenvalue weighted by molar-refractivity contribution is 6.23. The number of carboxylic acids is 2. The summed E-state index contributed by atoms with van der Waals surface area (Å²) in [5, 5.41) is 19.5. The molecule has 0 unspecified atom stereocenters. The van der Waals surface area contributed by atoms with Gasteiger partial charge in [-0.2, -0.15) is 0 Å². The summed E-state index contributed by atoms with van der Waals surface area (Å²) in [7, 11) is 0. The minimum absolute atomic E-state index is 0.0153. The Morgan fingerprint density at radius 2 is 1.34 bits per heavy atom. The number of rotatable bonds is 5. The highest BCUT2D eigenvalue weighted by Crippen LogP contribution is 2.37. The number of ether oxygens (including phenoxy) is 2. The first kappa shape index (κ1) is 21.2. The molecule has 2 N–H and O–H groups in total. The lowest BCUT2D eigenvalue weighted by molar-refractivity contribution is -0.146. The van der Waals surface area contributed by atoms with E-state index in [1.54, 1.807) is 60.7 Å². The Morgan fingerprint density at radius 1 is 0.812 bits per heavy atom. The molecule has 2 fully saturated rings. The fraction of sp³-hybridized carbons (Fsp3) is 0.208. The van der Waals surface area contributed by atoms with Crippen LogP contribution < -0.4 is 0 Å². The van der Waals surface area contributed by atoms with Crippen LogP contribution in [-0.4, -0.2) is 52.3 Å². The second-order valence-corrected chi connectivity index (χ2v) is 7.35. The Bertz CT molecular complexity index is 1110. The molecule has 1 amide bonds. The van der Waals surface area contributed by atoms with Gasteiger partial charge in [-0.3, -0.25) is 4.79 Å². The SMILES string of the molecule is O=C(O)/C(=C1/OCO/C1=C(/C(=O)N1CCC[C@H]1C(=O)O)c1ccccc1)c1ccccc1. The van der Waals surface area contributed by atoms with Crippen LogP contribution in [0.25, 0.3) is 11.1 Å². The maximum Gasteiger partial charge on any atom is 0.340 e. The van der Waals surface area contributed by atoms with Crippen molar-refractivity contribution >= 4 is 29.0 Å². The summed E-state index contributed by atoms with van der Waals surface area (Å²) in [5.41, 5.74) is 0.795. The van der Waals surface area contributed by atoms with Crippen molar-refractivity contribution < 1.29 is 34.1 Å². The number of carbonyl (C=O) groups excluding carboxylic acids is 1. The molecular weight excluding hydrogens is 414 g/mol. The summed E-state index contributed by atoms with van der Waals surface area (Å²) < 4.78 is 11.2. The fourth-order valence-electron chi connectivity index (χ4n) is 3.97. The summed E-state index contributed by atoms with van der Waals surface area (Å²) in [4.78, 5) is 38.8. The number of likely N-dealkylation sites (tertiary alicyclic amines) is 1. The molecule has 0 radical (unpaired) electrons. The van der Waals surface area contributed by atoms with Crippen LogP contribution in [-0.2, 0) is 23.9 Å². The number of carboxylic acid groups (broad SMARTS) is 2. The predicted molar refractivity (Wildman–Crippen MR) is 114 cm³/mol. The molecule has 8 heteroatoms. The minimum atomic E-state index is -1.24. The zero-order valence-corrected chi connectivity index (χ0v) is 17.1. The van der Waals surface area contributed by atoms with E-state index in [-0.39, 0.29) is 36.0 Å². The monoisotopic (exact) mass is 435 g/mol. The molecule has 2 aliphatic rings. The van der Waals surface area contributed by atoms with E-state index in [0.717, 1.165) is 0 Å². The van der Waals surface area contributed by atoms with Crippen LogP contribution >= 0.6 is 0 Å². The number of nitrogens with zero attached hydrogens (tertiary/aromatic N) is 1. The Labute approximate surface area is 184 Å². The van der Waals surface area contributed by atoms with Crippen LogP contribution in [0.3, 0.4) is 0 Å². The molecular formula is C24H21NO7. The third-order valence-corrected chi connectivity index (χ3v) is 5.42. The number of carbonyl (C=O) groups is 3. The van der Waals surface area contributed by atoms with Gasteiger partial charge in [0.2, 0.25) is 6.79 Å². The predicted octanol–water partition coefficient (Wildman–Crippen LogP) is 2.97. The van der Waals surface area contributed by atoms with E-state index in [9.17, 15) is 24.6 Å². The highest BCUT2D eigenvalue weighted by atomic mass is 16.7. The lowest BCUT2D eigenvalue weighted by Gasteiger charge is -2.23. The van der Waals surface area contributed by atoms with Gasteiger partial charge in [0.05, 0.1) is 5.57 Å². The van der Waals surface area contributed by atoms with Crippen molar-refractivity contribution in [2.75, 3.05) is 13.3 Å². The second-order valence-electron chi connectivity index (χ2n) is 7.35. The maximum absolute atomic E-state index is 13.6. The van der Waals surface area contributed by atoms with Gasteiger partial charge in [0.25, 0.3) is 5.91 Å². The van der Waals surface area contributed by atoms with Crippen molar-refractivity contribution in [3.05, 3.63) is 83.3 Å². The first-order valence-corrected chi connectivity index (χ1v) is 10.1. The van der Waals surface area contributed by atoms with Gasteiger partial charge in [0.1, 0.15) is 11.6 Å².